The Morgan fingerprint density at radius 1 is 1.09 bits per heavy atom. The van der Waals surface area contributed by atoms with E-state index in [4.69, 9.17) is 36.1 Å². The molecule has 0 saturated carbocycles. The standard InChI is InChI=1S/C26H27B4FN4O10/c1-32-20(37)19(23(28,40)22(27,39)12-36)35-21(38)14-3-2-4-17(18(14)26(35,43)44)33-25(41,42)15-6-5-13(11-16(15)31)24(29,30)34-7-9-45-10-8-34/h2-6,11-12,19,33,39-44H,7-10H2,1H3,(H,32,37). The van der Waals surface area contributed by atoms with Crippen molar-refractivity contribution >= 4 is 55.2 Å². The molecule has 19 heteroatoms. The lowest BCUT2D eigenvalue weighted by atomic mass is 9.55. The maximum Gasteiger partial charge on any atom is 0.281 e. The Labute approximate surface area is 261 Å². The summed E-state index contributed by atoms with van der Waals surface area (Å²) in [4.78, 5) is 39.2. The van der Waals surface area contributed by atoms with Gasteiger partial charge in [-0.25, -0.2) is 4.39 Å². The molecule has 8 N–H and O–H groups in total. The summed E-state index contributed by atoms with van der Waals surface area (Å²) in [6, 6.07) is 3.70. The van der Waals surface area contributed by atoms with Crippen molar-refractivity contribution in [1.82, 2.24) is 15.1 Å². The van der Waals surface area contributed by atoms with Crippen molar-refractivity contribution in [1.29, 1.82) is 0 Å². The fraction of sp³-hybridized carbons (Fsp3) is 0.423. The minimum absolute atomic E-state index is 0.0808. The molecule has 3 atom stereocenters. The number of nitrogens with one attached hydrogen (secondary N) is 2. The number of morpholine rings is 1. The molecule has 2 aromatic carbocycles. The molecule has 4 rings (SSSR count). The number of hydrogen-bond donors (Lipinski definition) is 8. The highest BCUT2D eigenvalue weighted by Gasteiger charge is 2.61. The van der Waals surface area contributed by atoms with Gasteiger partial charge in [0, 0.05) is 25.8 Å². The molecule has 0 aromatic heterocycles. The third-order valence-electron chi connectivity index (χ3n) is 7.83. The van der Waals surface area contributed by atoms with Crippen LogP contribution in [0.4, 0.5) is 10.1 Å². The number of halogens is 1. The van der Waals surface area contributed by atoms with Gasteiger partial charge < -0.3 is 55.7 Å². The molecular formula is C26H27B4FN4O10. The van der Waals surface area contributed by atoms with Gasteiger partial charge in [-0.3, -0.25) is 14.5 Å². The highest BCUT2D eigenvalue weighted by molar-refractivity contribution is 6.39. The molecule has 2 aromatic rings. The molecule has 0 aliphatic carbocycles. The monoisotopic (exact) mass is 618 g/mol. The minimum Gasteiger partial charge on any atom is -0.395 e. The van der Waals surface area contributed by atoms with E-state index in [2.05, 4.69) is 5.32 Å². The smallest absolute Gasteiger partial charge is 0.281 e. The SMILES string of the molecule is [B]C([B])(c1ccc(C(O)(O)Nc2cccc3c2C(O)(O)N(C(C(=O)NC)C([B])(O)C([B])(O)C=O)C3=O)c(F)c1)N1CCOCC1. The number of nitrogens with zero attached hydrogens (tertiary/aromatic N) is 2. The van der Waals surface area contributed by atoms with Gasteiger partial charge in [0.2, 0.25) is 5.91 Å². The maximum atomic E-state index is 15.4. The number of rotatable bonds is 10. The number of ether oxygens (including phenoxy) is 1. The predicted molar refractivity (Wildman–Crippen MR) is 156 cm³/mol. The van der Waals surface area contributed by atoms with E-state index < -0.39 is 80.5 Å². The average molecular weight is 618 g/mol. The number of amides is 2. The van der Waals surface area contributed by atoms with Gasteiger partial charge in [-0.2, -0.15) is 0 Å². The van der Waals surface area contributed by atoms with Crippen molar-refractivity contribution in [3.63, 3.8) is 0 Å². The van der Waals surface area contributed by atoms with Crippen molar-refractivity contribution < 1.29 is 54.2 Å². The van der Waals surface area contributed by atoms with Gasteiger partial charge in [0.15, 0.2) is 0 Å². The van der Waals surface area contributed by atoms with Gasteiger partial charge in [0.25, 0.3) is 17.7 Å². The Kier molecular flexibility index (Phi) is 9.09. The summed E-state index contributed by atoms with van der Waals surface area (Å²) in [7, 11) is 24.5. The molecule has 2 amide bonds. The van der Waals surface area contributed by atoms with Crippen molar-refractivity contribution in [2.45, 2.75) is 34.2 Å². The van der Waals surface area contributed by atoms with Crippen molar-refractivity contribution in [2.24, 2.45) is 0 Å². The highest BCUT2D eigenvalue weighted by atomic mass is 19.1. The summed E-state index contributed by atoms with van der Waals surface area (Å²) >= 11 is 0. The van der Waals surface area contributed by atoms with Crippen LogP contribution in [0.25, 0.3) is 0 Å². The Hall–Kier alpha value is -3.28. The van der Waals surface area contributed by atoms with Gasteiger partial charge in [0.05, 0.1) is 56.6 Å². The molecule has 2 heterocycles. The summed E-state index contributed by atoms with van der Waals surface area (Å²) < 4.78 is 20.7. The molecule has 2 aliphatic rings. The van der Waals surface area contributed by atoms with Crippen molar-refractivity contribution in [2.75, 3.05) is 38.7 Å². The van der Waals surface area contributed by atoms with Crippen LogP contribution in [0, 0.1) is 5.82 Å². The molecule has 3 unspecified atom stereocenters. The van der Waals surface area contributed by atoms with Gasteiger partial charge in [-0.1, -0.05) is 12.1 Å². The number of hydrogen-bond acceptors (Lipinski definition) is 12. The fourth-order valence-corrected chi connectivity index (χ4v) is 5.27. The van der Waals surface area contributed by atoms with Gasteiger partial charge >= 0.3 is 0 Å². The fourth-order valence-electron chi connectivity index (χ4n) is 5.27. The number of aliphatic hydroxyl groups is 6. The Morgan fingerprint density at radius 3 is 2.27 bits per heavy atom. The third-order valence-corrected chi connectivity index (χ3v) is 7.83. The topological polar surface area (TPSA) is 212 Å². The Balaban J connectivity index is 1.73. The Morgan fingerprint density at radius 2 is 1.71 bits per heavy atom. The van der Waals surface area contributed by atoms with Crippen LogP contribution in [0.15, 0.2) is 36.4 Å². The quantitative estimate of drug-likeness (QED) is 0.0719. The molecule has 45 heavy (non-hydrogen) atoms. The first-order chi connectivity index (χ1) is 20.8. The molecular weight excluding hydrogens is 591 g/mol. The first-order valence-corrected chi connectivity index (χ1v) is 13.3. The van der Waals surface area contributed by atoms with E-state index in [1.54, 1.807) is 4.90 Å². The number of carbonyl (C=O) groups is 3. The van der Waals surface area contributed by atoms with E-state index in [0.717, 1.165) is 37.4 Å². The zero-order valence-electron chi connectivity index (χ0n) is 23.8. The molecule has 2 aliphatic heterocycles. The molecule has 1 saturated heterocycles. The lowest BCUT2D eigenvalue weighted by molar-refractivity contribution is -0.270. The van der Waals surface area contributed by atoms with E-state index in [9.17, 15) is 45.0 Å². The van der Waals surface area contributed by atoms with Crippen LogP contribution in [0.5, 0.6) is 0 Å². The van der Waals surface area contributed by atoms with E-state index >= 15 is 4.39 Å². The van der Waals surface area contributed by atoms with E-state index in [1.165, 1.54) is 6.07 Å². The second kappa shape index (κ2) is 11.8. The second-order valence-electron chi connectivity index (χ2n) is 10.7. The molecule has 0 spiro atoms. The second-order valence-corrected chi connectivity index (χ2v) is 10.7. The van der Waals surface area contributed by atoms with Crippen LogP contribution in [0.1, 0.15) is 27.0 Å². The zero-order chi connectivity index (χ0) is 33.8. The third kappa shape index (κ3) is 5.79. The van der Waals surface area contributed by atoms with Crippen molar-refractivity contribution in [3.05, 3.63) is 64.5 Å². The first-order valence-electron chi connectivity index (χ1n) is 13.3. The van der Waals surface area contributed by atoms with Crippen LogP contribution in [-0.2, 0) is 31.5 Å². The number of likely N-dealkylation sites (N-methyl/N-ethyl adjacent to an activating group) is 1. The van der Waals surface area contributed by atoms with Crippen LogP contribution in [-0.4, -0.2) is 140 Å². The molecule has 1 fully saturated rings. The maximum absolute atomic E-state index is 15.4. The van der Waals surface area contributed by atoms with E-state index in [0.29, 0.717) is 26.3 Å². The minimum atomic E-state index is -3.60. The summed E-state index contributed by atoms with van der Waals surface area (Å²) in [5.74, 6) is -10.9. The van der Waals surface area contributed by atoms with Crippen LogP contribution in [0.3, 0.4) is 0 Å². The molecule has 8 radical (unpaired) electrons. The Bertz CT molecular complexity index is 1500. The highest BCUT2D eigenvalue weighted by Crippen LogP contribution is 2.44. The molecule has 0 bridgehead atoms. The number of fused-ring (bicyclic) bond motifs is 1. The summed E-state index contributed by atoms with van der Waals surface area (Å²) in [5, 5.41) is 67.9. The largest absolute Gasteiger partial charge is 0.395 e. The number of aldehydes is 1. The van der Waals surface area contributed by atoms with Crippen LogP contribution in [0.2, 0.25) is 0 Å². The summed E-state index contributed by atoms with van der Waals surface area (Å²) in [6.07, 6.45) is -0.438. The lowest BCUT2D eigenvalue weighted by Gasteiger charge is -2.47. The van der Waals surface area contributed by atoms with Gasteiger partial charge in [-0.15, -0.1) is 0 Å². The predicted octanol–water partition coefficient (Wildman–Crippen LogP) is -4.61. The summed E-state index contributed by atoms with van der Waals surface area (Å²) in [5.41, 5.74) is -9.60. The average Bonchev–Trinajstić information content (AvgIpc) is 3.18. The van der Waals surface area contributed by atoms with Crippen molar-refractivity contribution in [3.8, 4) is 0 Å². The molecule has 230 valence electrons. The van der Waals surface area contributed by atoms with E-state index in [-0.39, 0.29) is 10.5 Å². The normalized spacial score (nSPS) is 20.4. The lowest BCUT2D eigenvalue weighted by Crippen LogP contribution is -2.73. The van der Waals surface area contributed by atoms with E-state index in [1.807, 2.05) is 5.32 Å². The van der Waals surface area contributed by atoms with Crippen LogP contribution >= 0.6 is 0 Å². The van der Waals surface area contributed by atoms with Gasteiger partial charge in [-0.05, 0) is 35.2 Å². The number of carbonyl (C=O) groups excluding carboxylic acids is 3. The zero-order valence-corrected chi connectivity index (χ0v) is 23.8. The summed E-state index contributed by atoms with van der Waals surface area (Å²) in [6.45, 7) is 1.38. The number of benzene rings is 2. The van der Waals surface area contributed by atoms with Crippen LogP contribution < -0.4 is 10.6 Å². The van der Waals surface area contributed by atoms with Gasteiger partial charge in [0.1, 0.15) is 33.8 Å². The first kappa shape index (κ1) is 34.6. The number of anilines is 1. The molecule has 14 nitrogen and oxygen atoms in total.